The molecule has 3 N–H and O–H groups in total. The first-order valence-electron chi connectivity index (χ1n) is 7.54. The van der Waals surface area contributed by atoms with Crippen molar-refractivity contribution in [3.05, 3.63) is 0 Å². The van der Waals surface area contributed by atoms with Crippen LogP contribution in [0.5, 0.6) is 0 Å². The quantitative estimate of drug-likeness (QED) is 0.610. The summed E-state index contributed by atoms with van der Waals surface area (Å²) in [5.74, 6) is 0. The van der Waals surface area contributed by atoms with E-state index in [-0.39, 0.29) is 33.4 Å². The van der Waals surface area contributed by atoms with Crippen LogP contribution in [0, 0.1) is 0 Å². The van der Waals surface area contributed by atoms with Gasteiger partial charge < -0.3 is 25.2 Å². The molecule has 148 valence electrons. The molecule has 2 aliphatic rings. The van der Waals surface area contributed by atoms with Crippen LogP contribution >= 0.6 is 12.4 Å². The van der Waals surface area contributed by atoms with E-state index < -0.39 is 16.8 Å². The van der Waals surface area contributed by atoms with E-state index in [2.05, 4.69) is 5.32 Å². The van der Waals surface area contributed by atoms with Gasteiger partial charge in [-0.15, -0.1) is 12.4 Å². The van der Waals surface area contributed by atoms with Gasteiger partial charge in [0.05, 0.1) is 17.7 Å². The largest absolute Gasteiger partial charge is 0.444 e. The Morgan fingerprint density at radius 3 is 1.92 bits per heavy atom. The van der Waals surface area contributed by atoms with E-state index in [0.29, 0.717) is 19.5 Å². The van der Waals surface area contributed by atoms with E-state index >= 15 is 0 Å². The van der Waals surface area contributed by atoms with Gasteiger partial charge in [0, 0.05) is 13.1 Å². The lowest BCUT2D eigenvalue weighted by Crippen LogP contribution is -2.37. The van der Waals surface area contributed by atoms with Crippen molar-refractivity contribution >= 4 is 18.5 Å². The van der Waals surface area contributed by atoms with Gasteiger partial charge in [-0.3, -0.25) is 0 Å². The molecule has 2 atom stereocenters. The number of halogens is 1. The number of nitrogens with one attached hydrogen (secondary N) is 1. The third kappa shape index (κ3) is 11.1. The Hall–Kier alpha value is -0.560. The number of carbonyl (C=O) groups is 1. The van der Waals surface area contributed by atoms with Gasteiger partial charge in [-0.25, -0.2) is 4.79 Å². The summed E-state index contributed by atoms with van der Waals surface area (Å²) < 4.78 is 5.19. The highest BCUT2D eigenvalue weighted by Gasteiger charge is 2.35. The van der Waals surface area contributed by atoms with Crippen LogP contribution < -0.4 is 5.32 Å². The maximum absolute atomic E-state index is 11.5. The number of hydrogen-bond donors (Lipinski definition) is 3. The topological polar surface area (TPSA) is 82.0 Å². The van der Waals surface area contributed by atoms with E-state index in [4.69, 9.17) is 9.84 Å². The molecule has 0 spiro atoms. The minimum absolute atomic E-state index is 0. The van der Waals surface area contributed by atoms with Gasteiger partial charge in [0.1, 0.15) is 5.60 Å². The maximum Gasteiger partial charge on any atom is 0.410 e. The van der Waals surface area contributed by atoms with Crippen LogP contribution in [0.2, 0.25) is 0 Å². The minimum Gasteiger partial charge on any atom is -0.444 e. The summed E-state index contributed by atoms with van der Waals surface area (Å²) in [6.45, 7) is 11.7. The Labute approximate surface area is 154 Å². The SMILES string of the molecule is C.C.CC1(O)CCN(C(=O)OC(C)(C)C)C1.CC1(O)CCNC1.Cl. The molecule has 2 fully saturated rings. The molecule has 2 rings (SSSR count). The van der Waals surface area contributed by atoms with Gasteiger partial charge in [0.2, 0.25) is 0 Å². The summed E-state index contributed by atoms with van der Waals surface area (Å²) in [5, 5.41) is 21.9. The van der Waals surface area contributed by atoms with E-state index in [1.807, 2.05) is 27.7 Å². The summed E-state index contributed by atoms with van der Waals surface area (Å²) in [7, 11) is 0. The molecule has 2 aliphatic heterocycles. The predicted molar refractivity (Wildman–Crippen MR) is 102 cm³/mol. The average Bonchev–Trinajstić information content (AvgIpc) is 2.82. The monoisotopic (exact) mass is 370 g/mol. The van der Waals surface area contributed by atoms with Crippen molar-refractivity contribution in [2.45, 2.75) is 79.1 Å². The zero-order valence-electron chi connectivity index (χ0n) is 14.3. The number of nitrogens with zero attached hydrogens (tertiary/aromatic N) is 1. The number of ether oxygens (including phenoxy) is 1. The van der Waals surface area contributed by atoms with Crippen LogP contribution in [0.25, 0.3) is 0 Å². The fraction of sp³-hybridized carbons (Fsp3) is 0.941. The number of β-amino-alcohol motifs (C(OH)–C–C–N with tert-alkyl or cyclic N) is 2. The average molecular weight is 371 g/mol. The molecule has 0 aromatic carbocycles. The molecule has 2 saturated heterocycles. The molecule has 0 aromatic rings. The van der Waals surface area contributed by atoms with E-state index in [1.165, 1.54) is 0 Å². The number of rotatable bonds is 0. The van der Waals surface area contributed by atoms with Crippen LogP contribution in [-0.4, -0.2) is 64.2 Å². The summed E-state index contributed by atoms with van der Waals surface area (Å²) in [4.78, 5) is 13.1. The molecular formula is C17H39ClN2O4. The highest BCUT2D eigenvalue weighted by molar-refractivity contribution is 5.85. The second-order valence-electron chi connectivity index (χ2n) is 7.57. The van der Waals surface area contributed by atoms with E-state index in [0.717, 1.165) is 19.5 Å². The molecule has 0 bridgehead atoms. The molecule has 0 radical (unpaired) electrons. The fourth-order valence-electron chi connectivity index (χ4n) is 2.23. The Balaban J connectivity index is -0.000000380. The molecule has 1 amide bonds. The smallest absolute Gasteiger partial charge is 0.410 e. The predicted octanol–water partition coefficient (Wildman–Crippen LogP) is 2.80. The fourth-order valence-corrected chi connectivity index (χ4v) is 2.23. The third-order valence-corrected chi connectivity index (χ3v) is 3.45. The van der Waals surface area contributed by atoms with Crippen LogP contribution in [0.4, 0.5) is 4.79 Å². The molecular weight excluding hydrogens is 332 g/mol. The molecule has 0 saturated carbocycles. The molecule has 0 aliphatic carbocycles. The van der Waals surface area contributed by atoms with Crippen LogP contribution in [-0.2, 0) is 4.74 Å². The van der Waals surface area contributed by atoms with Crippen molar-refractivity contribution in [2.24, 2.45) is 0 Å². The lowest BCUT2D eigenvalue weighted by Gasteiger charge is -2.25. The van der Waals surface area contributed by atoms with Gasteiger partial charge in [-0.2, -0.15) is 0 Å². The van der Waals surface area contributed by atoms with Gasteiger partial charge in [-0.1, -0.05) is 14.9 Å². The third-order valence-electron chi connectivity index (χ3n) is 3.45. The summed E-state index contributed by atoms with van der Waals surface area (Å²) in [5.41, 5.74) is -1.64. The molecule has 6 nitrogen and oxygen atoms in total. The first kappa shape index (κ1) is 28.3. The first-order chi connectivity index (χ1) is 9.40. The minimum atomic E-state index is -0.753. The maximum atomic E-state index is 11.5. The van der Waals surface area contributed by atoms with Crippen molar-refractivity contribution in [3.8, 4) is 0 Å². The van der Waals surface area contributed by atoms with E-state index in [1.54, 1.807) is 11.8 Å². The summed E-state index contributed by atoms with van der Waals surface area (Å²) in [6.07, 6.45) is 1.18. The summed E-state index contributed by atoms with van der Waals surface area (Å²) >= 11 is 0. The zero-order valence-corrected chi connectivity index (χ0v) is 15.1. The Bertz CT molecular complexity index is 360. The van der Waals surface area contributed by atoms with Crippen molar-refractivity contribution in [3.63, 3.8) is 0 Å². The van der Waals surface area contributed by atoms with Gasteiger partial charge in [0.15, 0.2) is 0 Å². The standard InChI is InChI=1S/C10H19NO3.C5H11NO.2CH4.ClH/c1-9(2,3)14-8(12)11-6-5-10(4,13)7-11;1-5(7)2-3-6-4-5;;;/h13H,5-7H2,1-4H3;6-7H,2-4H2,1H3;2*1H4;1H. The Morgan fingerprint density at radius 1 is 1.12 bits per heavy atom. The molecule has 0 aromatic heterocycles. The van der Waals surface area contributed by atoms with Crippen molar-refractivity contribution < 1.29 is 19.7 Å². The molecule has 7 heteroatoms. The highest BCUT2D eigenvalue weighted by Crippen LogP contribution is 2.22. The van der Waals surface area contributed by atoms with Gasteiger partial charge in [0.25, 0.3) is 0 Å². The van der Waals surface area contributed by atoms with Crippen LogP contribution in [0.15, 0.2) is 0 Å². The number of likely N-dealkylation sites (tertiary alicyclic amines) is 1. The van der Waals surface area contributed by atoms with Crippen LogP contribution in [0.1, 0.15) is 62.3 Å². The second-order valence-corrected chi connectivity index (χ2v) is 7.57. The van der Waals surface area contributed by atoms with Crippen molar-refractivity contribution in [1.82, 2.24) is 10.2 Å². The summed E-state index contributed by atoms with van der Waals surface area (Å²) in [6, 6.07) is 0. The number of hydrogen-bond acceptors (Lipinski definition) is 5. The Kier molecular flexibility index (Phi) is 12.3. The first-order valence-corrected chi connectivity index (χ1v) is 7.54. The van der Waals surface area contributed by atoms with E-state index in [9.17, 15) is 9.90 Å². The highest BCUT2D eigenvalue weighted by atomic mass is 35.5. The lowest BCUT2D eigenvalue weighted by molar-refractivity contribution is 0.0194. The normalized spacial score (nSPS) is 28.5. The number of amides is 1. The van der Waals surface area contributed by atoms with Crippen LogP contribution in [0.3, 0.4) is 0 Å². The molecule has 2 heterocycles. The number of carbonyl (C=O) groups excluding carboxylic acids is 1. The molecule has 24 heavy (non-hydrogen) atoms. The second kappa shape index (κ2) is 10.4. The van der Waals surface area contributed by atoms with Gasteiger partial charge >= 0.3 is 6.09 Å². The van der Waals surface area contributed by atoms with Crippen molar-refractivity contribution in [1.29, 1.82) is 0 Å². The Morgan fingerprint density at radius 2 is 1.67 bits per heavy atom. The lowest BCUT2D eigenvalue weighted by atomic mass is 10.1. The van der Waals surface area contributed by atoms with Crippen molar-refractivity contribution in [2.75, 3.05) is 26.2 Å². The number of aliphatic hydroxyl groups is 2. The zero-order chi connectivity index (χ0) is 16.3. The van der Waals surface area contributed by atoms with Gasteiger partial charge in [-0.05, 0) is 54.0 Å². The molecule has 2 unspecified atom stereocenters.